The third-order valence-corrected chi connectivity index (χ3v) is 8.67. The maximum absolute atomic E-state index is 14.1. The van der Waals surface area contributed by atoms with Gasteiger partial charge in [-0.15, -0.1) is 0 Å². The van der Waals surface area contributed by atoms with Crippen LogP contribution in [-0.4, -0.2) is 55.5 Å². The van der Waals surface area contributed by atoms with E-state index in [0.717, 1.165) is 21.7 Å². The number of carbonyl (C=O) groups excluding carboxylic acids is 3. The van der Waals surface area contributed by atoms with Gasteiger partial charge in [-0.1, -0.05) is 51.1 Å². The zero-order valence-electron chi connectivity index (χ0n) is 22.5. The first-order chi connectivity index (χ1) is 18.6. The first-order valence-corrected chi connectivity index (χ1v) is 14.8. The molecule has 1 aliphatic rings. The van der Waals surface area contributed by atoms with Gasteiger partial charge in [0.1, 0.15) is 17.7 Å². The molecule has 1 aromatic heterocycles. The van der Waals surface area contributed by atoms with Crippen LogP contribution in [0.25, 0.3) is 11.0 Å². The van der Waals surface area contributed by atoms with Crippen molar-refractivity contribution in [3.63, 3.8) is 0 Å². The van der Waals surface area contributed by atoms with Crippen molar-refractivity contribution in [3.05, 3.63) is 65.9 Å². The van der Waals surface area contributed by atoms with Crippen molar-refractivity contribution < 1.29 is 27.2 Å². The molecule has 1 aliphatic heterocycles. The number of sulfonamides is 1. The van der Waals surface area contributed by atoms with Crippen LogP contribution < -0.4 is 10.6 Å². The van der Waals surface area contributed by atoms with Gasteiger partial charge in [0.2, 0.25) is 0 Å². The molecule has 1 unspecified atom stereocenters. The quantitative estimate of drug-likeness (QED) is 0.414. The summed E-state index contributed by atoms with van der Waals surface area (Å²) in [7, 11) is -4.42. The van der Waals surface area contributed by atoms with Gasteiger partial charge in [0.05, 0.1) is 11.4 Å². The lowest BCUT2D eigenvalue weighted by atomic mass is 10.0. The van der Waals surface area contributed by atoms with Crippen molar-refractivity contribution >= 4 is 38.6 Å². The SMILES string of the molecule is CCc1ccc(S(=O)(=O)N(C(=O)C(CC(C)C)NC(=O)c2cc3ccccc3o2)[C@H]2CCCNCC2=O)cc1. The van der Waals surface area contributed by atoms with E-state index < -0.39 is 33.9 Å². The monoisotopic (exact) mass is 553 g/mol. The molecule has 9 nitrogen and oxygen atoms in total. The maximum Gasteiger partial charge on any atom is 0.287 e. The van der Waals surface area contributed by atoms with Crippen molar-refractivity contribution in [1.29, 1.82) is 0 Å². The Morgan fingerprint density at radius 2 is 1.85 bits per heavy atom. The number of hydrogen-bond acceptors (Lipinski definition) is 7. The normalized spacial score (nSPS) is 17.1. The van der Waals surface area contributed by atoms with Crippen LogP contribution in [0.1, 0.15) is 56.2 Å². The van der Waals surface area contributed by atoms with Crippen molar-refractivity contribution in [1.82, 2.24) is 14.9 Å². The van der Waals surface area contributed by atoms with Gasteiger partial charge in [-0.05, 0) is 68.0 Å². The topological polar surface area (TPSA) is 126 Å². The minimum Gasteiger partial charge on any atom is -0.451 e. The number of amides is 2. The molecule has 0 radical (unpaired) electrons. The minimum absolute atomic E-state index is 0.0112. The summed E-state index contributed by atoms with van der Waals surface area (Å²) < 4.78 is 34.4. The molecule has 4 rings (SSSR count). The van der Waals surface area contributed by atoms with Crippen LogP contribution in [0.3, 0.4) is 0 Å². The fraction of sp³-hybridized carbons (Fsp3) is 0.414. The molecule has 2 atom stereocenters. The van der Waals surface area contributed by atoms with Gasteiger partial charge < -0.3 is 15.1 Å². The highest BCUT2D eigenvalue weighted by atomic mass is 32.2. The van der Waals surface area contributed by atoms with Crippen LogP contribution in [0.5, 0.6) is 0 Å². The van der Waals surface area contributed by atoms with Crippen LogP contribution in [0.15, 0.2) is 63.9 Å². The molecule has 10 heteroatoms. The number of Topliss-reactive ketones (excluding diaryl/α,β-unsaturated/α-hetero) is 1. The maximum atomic E-state index is 14.1. The van der Waals surface area contributed by atoms with Gasteiger partial charge in [-0.25, -0.2) is 12.7 Å². The Balaban J connectivity index is 1.72. The lowest BCUT2D eigenvalue weighted by molar-refractivity contribution is -0.135. The van der Waals surface area contributed by atoms with E-state index in [4.69, 9.17) is 4.42 Å². The third kappa shape index (κ3) is 6.39. The molecule has 2 amide bonds. The summed E-state index contributed by atoms with van der Waals surface area (Å²) in [6.45, 7) is 6.19. The van der Waals surface area contributed by atoms with Crippen LogP contribution in [0.2, 0.25) is 0 Å². The van der Waals surface area contributed by atoms with Crippen LogP contribution in [0, 0.1) is 5.92 Å². The average Bonchev–Trinajstić information content (AvgIpc) is 3.25. The molecule has 2 aromatic carbocycles. The Labute approximate surface area is 229 Å². The summed E-state index contributed by atoms with van der Waals surface area (Å²) in [6.07, 6.45) is 1.60. The summed E-state index contributed by atoms with van der Waals surface area (Å²) in [5.74, 6) is -1.91. The Kier molecular flexibility index (Phi) is 8.87. The van der Waals surface area contributed by atoms with Gasteiger partial charge in [-0.2, -0.15) is 0 Å². The average molecular weight is 554 g/mol. The van der Waals surface area contributed by atoms with Gasteiger partial charge >= 0.3 is 0 Å². The standard InChI is InChI=1S/C29H35N3O6S/c1-4-20-11-13-22(14-12-20)39(36,37)32(24-9-7-15-30-18-25(24)33)29(35)23(16-19(2)3)31-28(34)27-17-21-8-5-6-10-26(21)38-27/h5-6,8,10-14,17,19,23-24,30H,4,7,9,15-16,18H2,1-3H3,(H,31,34)/t23?,24-/m0/s1. The molecule has 1 saturated heterocycles. The summed E-state index contributed by atoms with van der Waals surface area (Å²) in [4.78, 5) is 40.4. The van der Waals surface area contributed by atoms with Crippen molar-refractivity contribution in [3.8, 4) is 0 Å². The number of rotatable bonds is 9. The van der Waals surface area contributed by atoms with Crippen molar-refractivity contribution in [2.45, 2.75) is 63.4 Å². The molecular weight excluding hydrogens is 518 g/mol. The molecule has 1 fully saturated rings. The minimum atomic E-state index is -4.42. The molecule has 0 bridgehead atoms. The van der Waals surface area contributed by atoms with Crippen molar-refractivity contribution in [2.24, 2.45) is 5.92 Å². The van der Waals surface area contributed by atoms with E-state index in [-0.39, 0.29) is 41.7 Å². The summed E-state index contributed by atoms with van der Waals surface area (Å²) in [5.41, 5.74) is 1.46. The molecule has 2 N–H and O–H groups in total. The van der Waals surface area contributed by atoms with E-state index in [1.807, 2.05) is 26.8 Å². The predicted molar refractivity (Wildman–Crippen MR) is 148 cm³/mol. The van der Waals surface area contributed by atoms with Crippen LogP contribution in [0.4, 0.5) is 0 Å². The predicted octanol–water partition coefficient (Wildman–Crippen LogP) is 3.68. The van der Waals surface area contributed by atoms with Gasteiger partial charge in [0.15, 0.2) is 11.5 Å². The molecule has 0 aliphatic carbocycles. The molecule has 39 heavy (non-hydrogen) atoms. The number of furan rings is 1. The Morgan fingerprint density at radius 1 is 1.13 bits per heavy atom. The smallest absolute Gasteiger partial charge is 0.287 e. The summed E-state index contributed by atoms with van der Waals surface area (Å²) >= 11 is 0. The van der Waals surface area contributed by atoms with E-state index in [1.165, 1.54) is 12.1 Å². The van der Waals surface area contributed by atoms with Crippen LogP contribution in [-0.2, 0) is 26.0 Å². The van der Waals surface area contributed by atoms with Gasteiger partial charge in [0, 0.05) is 5.39 Å². The first-order valence-electron chi connectivity index (χ1n) is 13.3. The fourth-order valence-corrected chi connectivity index (χ4v) is 6.41. The molecule has 0 saturated carbocycles. The zero-order chi connectivity index (χ0) is 28.2. The highest BCUT2D eigenvalue weighted by Gasteiger charge is 2.43. The molecule has 3 aromatic rings. The Morgan fingerprint density at radius 3 is 2.51 bits per heavy atom. The third-order valence-electron chi connectivity index (χ3n) is 6.85. The van der Waals surface area contributed by atoms with Crippen molar-refractivity contribution in [2.75, 3.05) is 13.1 Å². The lowest BCUT2D eigenvalue weighted by Crippen LogP contribution is -2.56. The number of fused-ring (bicyclic) bond motifs is 1. The number of ketones is 1. The highest BCUT2D eigenvalue weighted by Crippen LogP contribution is 2.26. The fourth-order valence-electron chi connectivity index (χ4n) is 4.78. The second kappa shape index (κ2) is 12.1. The van der Waals surface area contributed by atoms with Gasteiger partial charge in [-0.3, -0.25) is 14.4 Å². The number of benzene rings is 2. The highest BCUT2D eigenvalue weighted by molar-refractivity contribution is 7.89. The Hall–Kier alpha value is -3.50. The number of nitrogens with one attached hydrogen (secondary N) is 2. The second-order valence-electron chi connectivity index (χ2n) is 10.2. The van der Waals surface area contributed by atoms with Gasteiger partial charge in [0.25, 0.3) is 21.8 Å². The molecule has 208 valence electrons. The lowest BCUT2D eigenvalue weighted by Gasteiger charge is -2.33. The molecule has 0 spiro atoms. The van der Waals surface area contributed by atoms with E-state index in [9.17, 15) is 22.8 Å². The zero-order valence-corrected chi connectivity index (χ0v) is 23.3. The van der Waals surface area contributed by atoms with E-state index in [2.05, 4.69) is 10.6 Å². The summed E-state index contributed by atoms with van der Waals surface area (Å²) in [6, 6.07) is 12.6. The first kappa shape index (κ1) is 28.5. The number of nitrogens with zero attached hydrogens (tertiary/aromatic N) is 1. The molecular formula is C29H35N3O6S. The van der Waals surface area contributed by atoms with E-state index >= 15 is 0 Å². The van der Waals surface area contributed by atoms with E-state index in [1.54, 1.807) is 36.4 Å². The Bertz CT molecular complexity index is 1410. The largest absolute Gasteiger partial charge is 0.451 e. The number of aryl methyl sites for hydroxylation is 1. The number of carbonyl (C=O) groups is 3. The number of hydrogen-bond donors (Lipinski definition) is 2. The molecule has 2 heterocycles. The van der Waals surface area contributed by atoms with Crippen LogP contribution >= 0.6 is 0 Å². The second-order valence-corrected chi connectivity index (χ2v) is 12.1. The number of para-hydroxylation sites is 1. The summed E-state index contributed by atoms with van der Waals surface area (Å²) in [5, 5.41) is 6.42. The van der Waals surface area contributed by atoms with E-state index in [0.29, 0.717) is 18.5 Å².